The molecule has 5 heteroatoms. The van der Waals surface area contributed by atoms with E-state index in [1.807, 2.05) is 23.1 Å². The van der Waals surface area contributed by atoms with E-state index < -0.39 is 0 Å². The molecule has 1 atom stereocenters. The van der Waals surface area contributed by atoms with Gasteiger partial charge in [0.1, 0.15) is 12.2 Å². The van der Waals surface area contributed by atoms with Gasteiger partial charge >= 0.3 is 0 Å². The van der Waals surface area contributed by atoms with Crippen LogP contribution in [0.15, 0.2) is 36.7 Å². The van der Waals surface area contributed by atoms with Crippen molar-refractivity contribution in [2.24, 2.45) is 0 Å². The van der Waals surface area contributed by atoms with Crippen molar-refractivity contribution in [1.29, 1.82) is 0 Å². The number of likely N-dealkylation sites (tertiary alicyclic amines) is 1. The number of hydrogen-bond donors (Lipinski definition) is 0. The Bertz CT molecular complexity index is 690. The van der Waals surface area contributed by atoms with E-state index in [0.29, 0.717) is 24.9 Å². The van der Waals surface area contributed by atoms with Gasteiger partial charge < -0.3 is 4.90 Å². The van der Waals surface area contributed by atoms with Gasteiger partial charge in [0.15, 0.2) is 0 Å². The molecule has 0 spiro atoms. The fourth-order valence-electron chi connectivity index (χ4n) is 4.06. The molecule has 0 bridgehead atoms. The summed E-state index contributed by atoms with van der Waals surface area (Å²) in [5, 5.41) is 4.45. The molecular weight excluding hydrogens is 300 g/mol. The first kappa shape index (κ1) is 15.4. The van der Waals surface area contributed by atoms with Crippen LogP contribution in [0, 0.1) is 0 Å². The number of rotatable bonds is 4. The molecule has 5 nitrogen and oxygen atoms in total. The maximum atomic E-state index is 12.4. The van der Waals surface area contributed by atoms with Gasteiger partial charge in [-0.1, -0.05) is 49.6 Å². The first-order valence-corrected chi connectivity index (χ1v) is 9.02. The predicted octanol–water partition coefficient (Wildman–Crippen LogP) is 3.30. The lowest BCUT2D eigenvalue weighted by Gasteiger charge is -2.24. The molecule has 2 aromatic rings. The molecule has 24 heavy (non-hydrogen) atoms. The average molecular weight is 324 g/mol. The third kappa shape index (κ3) is 3.07. The molecule has 1 saturated carbocycles. The van der Waals surface area contributed by atoms with Crippen LogP contribution < -0.4 is 0 Å². The van der Waals surface area contributed by atoms with E-state index in [-0.39, 0.29) is 5.91 Å². The molecule has 2 aliphatic rings. The summed E-state index contributed by atoms with van der Waals surface area (Å²) < 4.78 is 2.07. The van der Waals surface area contributed by atoms with Crippen LogP contribution in [0.3, 0.4) is 0 Å². The fourth-order valence-corrected chi connectivity index (χ4v) is 4.06. The molecule has 2 fully saturated rings. The van der Waals surface area contributed by atoms with Gasteiger partial charge in [-0.05, 0) is 18.4 Å². The summed E-state index contributed by atoms with van der Waals surface area (Å²) in [6.45, 7) is 1.36. The SMILES string of the molecule is O=C1CC(c2ccccc2)CN1Cc1ncnn1C1CCCCC1. The number of aromatic nitrogens is 3. The molecule has 4 rings (SSSR count). The van der Waals surface area contributed by atoms with Crippen molar-refractivity contribution in [3.63, 3.8) is 0 Å². The topological polar surface area (TPSA) is 51.0 Å². The quantitative estimate of drug-likeness (QED) is 0.867. The van der Waals surface area contributed by atoms with Crippen molar-refractivity contribution >= 4 is 5.91 Å². The summed E-state index contributed by atoms with van der Waals surface area (Å²) in [4.78, 5) is 18.8. The summed E-state index contributed by atoms with van der Waals surface area (Å²) in [7, 11) is 0. The highest BCUT2D eigenvalue weighted by atomic mass is 16.2. The molecule has 126 valence electrons. The van der Waals surface area contributed by atoms with E-state index in [1.54, 1.807) is 6.33 Å². The predicted molar refractivity (Wildman–Crippen MR) is 91.4 cm³/mol. The summed E-state index contributed by atoms with van der Waals surface area (Å²) in [5.74, 6) is 1.45. The second-order valence-corrected chi connectivity index (χ2v) is 7.00. The third-order valence-corrected chi connectivity index (χ3v) is 5.39. The molecule has 1 aromatic carbocycles. The first-order valence-electron chi connectivity index (χ1n) is 9.02. The Hall–Kier alpha value is -2.17. The van der Waals surface area contributed by atoms with E-state index in [2.05, 4.69) is 26.9 Å². The highest BCUT2D eigenvalue weighted by Gasteiger charge is 2.32. The fraction of sp³-hybridized carbons (Fsp3) is 0.526. The maximum Gasteiger partial charge on any atom is 0.223 e. The molecule has 1 unspecified atom stereocenters. The van der Waals surface area contributed by atoms with E-state index in [4.69, 9.17) is 0 Å². The average Bonchev–Trinajstić information content (AvgIpc) is 3.24. The Morgan fingerprint density at radius 1 is 1.08 bits per heavy atom. The summed E-state index contributed by atoms with van der Waals surface area (Å²) in [6.07, 6.45) is 8.45. The van der Waals surface area contributed by atoms with E-state index in [0.717, 1.165) is 12.4 Å². The van der Waals surface area contributed by atoms with Crippen LogP contribution >= 0.6 is 0 Å². The molecule has 1 saturated heterocycles. The van der Waals surface area contributed by atoms with Crippen molar-refractivity contribution in [3.05, 3.63) is 48.0 Å². The van der Waals surface area contributed by atoms with Crippen molar-refractivity contribution < 1.29 is 4.79 Å². The molecular formula is C19H24N4O. The maximum absolute atomic E-state index is 12.4. The number of hydrogen-bond acceptors (Lipinski definition) is 3. The summed E-state index contributed by atoms with van der Waals surface area (Å²) >= 11 is 0. The van der Waals surface area contributed by atoms with Gasteiger partial charge in [0.25, 0.3) is 0 Å². The zero-order chi connectivity index (χ0) is 16.4. The van der Waals surface area contributed by atoms with Gasteiger partial charge in [-0.25, -0.2) is 9.67 Å². The Morgan fingerprint density at radius 3 is 2.67 bits per heavy atom. The van der Waals surface area contributed by atoms with Crippen molar-refractivity contribution in [2.45, 2.75) is 57.0 Å². The van der Waals surface area contributed by atoms with Crippen LogP contribution in [0.5, 0.6) is 0 Å². The third-order valence-electron chi connectivity index (χ3n) is 5.39. The smallest absolute Gasteiger partial charge is 0.223 e. The number of amides is 1. The van der Waals surface area contributed by atoms with Gasteiger partial charge in [-0.15, -0.1) is 0 Å². The summed E-state index contributed by atoms with van der Waals surface area (Å²) in [6, 6.07) is 10.8. The molecule has 1 amide bonds. The molecule has 1 aliphatic heterocycles. The van der Waals surface area contributed by atoms with Crippen molar-refractivity contribution in [1.82, 2.24) is 19.7 Å². The second-order valence-electron chi connectivity index (χ2n) is 7.00. The Morgan fingerprint density at radius 2 is 1.88 bits per heavy atom. The molecule has 1 aliphatic carbocycles. The minimum atomic E-state index is 0.224. The Labute approximate surface area is 142 Å². The largest absolute Gasteiger partial charge is 0.335 e. The molecule has 0 radical (unpaired) electrons. The van der Waals surface area contributed by atoms with E-state index in [1.165, 1.54) is 37.7 Å². The standard InChI is InChI=1S/C19H24N4O/c24-19-11-16(15-7-3-1-4-8-15)12-22(19)13-18-20-14-21-23(18)17-9-5-2-6-10-17/h1,3-4,7-8,14,16-17H,2,5-6,9-13H2. The van der Waals surface area contributed by atoms with Gasteiger partial charge in [0.05, 0.1) is 12.6 Å². The van der Waals surface area contributed by atoms with Crippen LogP contribution in [0.25, 0.3) is 0 Å². The molecule has 0 N–H and O–H groups in total. The van der Waals surface area contributed by atoms with Crippen LogP contribution in [-0.4, -0.2) is 32.1 Å². The van der Waals surface area contributed by atoms with Crippen LogP contribution in [-0.2, 0) is 11.3 Å². The highest BCUT2D eigenvalue weighted by molar-refractivity contribution is 5.79. The van der Waals surface area contributed by atoms with Crippen LogP contribution in [0.4, 0.5) is 0 Å². The minimum absolute atomic E-state index is 0.224. The first-order chi connectivity index (χ1) is 11.8. The van der Waals surface area contributed by atoms with E-state index in [9.17, 15) is 4.79 Å². The lowest BCUT2D eigenvalue weighted by atomic mass is 9.95. The van der Waals surface area contributed by atoms with Crippen molar-refractivity contribution in [2.75, 3.05) is 6.54 Å². The molecule has 1 aromatic heterocycles. The normalized spacial score (nSPS) is 22.2. The number of carbonyl (C=O) groups is 1. The number of carbonyl (C=O) groups excluding carboxylic acids is 1. The zero-order valence-electron chi connectivity index (χ0n) is 14.0. The van der Waals surface area contributed by atoms with Gasteiger partial charge in [-0.2, -0.15) is 5.10 Å². The Balaban J connectivity index is 1.46. The zero-order valence-corrected chi connectivity index (χ0v) is 14.0. The van der Waals surface area contributed by atoms with Crippen LogP contribution in [0.1, 0.15) is 61.9 Å². The lowest BCUT2D eigenvalue weighted by molar-refractivity contribution is -0.128. The highest BCUT2D eigenvalue weighted by Crippen LogP contribution is 2.31. The van der Waals surface area contributed by atoms with Gasteiger partial charge in [0.2, 0.25) is 5.91 Å². The number of benzene rings is 1. The van der Waals surface area contributed by atoms with E-state index >= 15 is 0 Å². The number of nitrogens with zero attached hydrogens (tertiary/aromatic N) is 4. The van der Waals surface area contributed by atoms with Crippen molar-refractivity contribution in [3.8, 4) is 0 Å². The Kier molecular flexibility index (Phi) is 4.32. The minimum Gasteiger partial charge on any atom is -0.335 e. The molecule has 2 heterocycles. The van der Waals surface area contributed by atoms with Crippen LogP contribution in [0.2, 0.25) is 0 Å². The monoisotopic (exact) mass is 324 g/mol. The summed E-state index contributed by atoms with van der Waals surface area (Å²) in [5.41, 5.74) is 1.25. The van der Waals surface area contributed by atoms with Gasteiger partial charge in [-0.3, -0.25) is 4.79 Å². The lowest BCUT2D eigenvalue weighted by Crippen LogP contribution is -2.28. The second kappa shape index (κ2) is 6.75. The van der Waals surface area contributed by atoms with Gasteiger partial charge in [0, 0.05) is 18.9 Å².